The number of anilines is 1. The predicted octanol–water partition coefficient (Wildman–Crippen LogP) is 2.51. The standard InChI is InChI=1S/C18H29N3O/c1-3-15-4-6-17(7-5-15)20-18(22)14-21-12-9-16(10-13-21)8-11-19-2/h4-7,16,19H,3,8-14H2,1-2H3,(H,20,22). The van der Waals surface area contributed by atoms with Crippen molar-refractivity contribution in [3.05, 3.63) is 29.8 Å². The molecule has 1 amide bonds. The highest BCUT2D eigenvalue weighted by Crippen LogP contribution is 2.19. The van der Waals surface area contributed by atoms with E-state index < -0.39 is 0 Å². The molecular weight excluding hydrogens is 274 g/mol. The van der Waals surface area contributed by atoms with Gasteiger partial charge in [-0.15, -0.1) is 0 Å². The molecule has 1 aliphatic rings. The van der Waals surface area contributed by atoms with Crippen LogP contribution in [0.4, 0.5) is 5.69 Å². The molecule has 0 saturated carbocycles. The number of carbonyl (C=O) groups is 1. The van der Waals surface area contributed by atoms with Crippen LogP contribution in [-0.4, -0.2) is 44.0 Å². The third-order valence-corrected chi connectivity index (χ3v) is 4.52. The van der Waals surface area contributed by atoms with Crippen molar-refractivity contribution in [2.24, 2.45) is 5.92 Å². The molecule has 1 fully saturated rings. The number of piperidine rings is 1. The smallest absolute Gasteiger partial charge is 0.238 e. The van der Waals surface area contributed by atoms with E-state index >= 15 is 0 Å². The first-order chi connectivity index (χ1) is 10.7. The fourth-order valence-electron chi connectivity index (χ4n) is 3.01. The minimum atomic E-state index is 0.0953. The number of nitrogens with one attached hydrogen (secondary N) is 2. The lowest BCUT2D eigenvalue weighted by atomic mass is 9.93. The highest BCUT2D eigenvalue weighted by molar-refractivity contribution is 5.92. The molecule has 1 saturated heterocycles. The summed E-state index contributed by atoms with van der Waals surface area (Å²) in [5, 5.41) is 6.21. The van der Waals surface area contributed by atoms with E-state index in [9.17, 15) is 4.79 Å². The normalized spacial score (nSPS) is 16.6. The van der Waals surface area contributed by atoms with Crippen LogP contribution in [0.25, 0.3) is 0 Å². The number of rotatable bonds is 7. The van der Waals surface area contributed by atoms with Gasteiger partial charge >= 0.3 is 0 Å². The fourth-order valence-corrected chi connectivity index (χ4v) is 3.01. The van der Waals surface area contributed by atoms with Crippen LogP contribution < -0.4 is 10.6 Å². The molecular formula is C18H29N3O. The zero-order chi connectivity index (χ0) is 15.8. The van der Waals surface area contributed by atoms with Crippen LogP contribution in [0.15, 0.2) is 24.3 Å². The Bertz CT molecular complexity index is 450. The van der Waals surface area contributed by atoms with Crippen LogP contribution in [0.1, 0.15) is 31.7 Å². The number of nitrogens with zero attached hydrogens (tertiary/aromatic N) is 1. The van der Waals surface area contributed by atoms with E-state index in [2.05, 4.69) is 34.6 Å². The third kappa shape index (κ3) is 5.43. The number of aryl methyl sites for hydroxylation is 1. The summed E-state index contributed by atoms with van der Waals surface area (Å²) in [6, 6.07) is 8.12. The first kappa shape index (κ1) is 17.0. The van der Waals surface area contributed by atoms with E-state index in [4.69, 9.17) is 0 Å². The summed E-state index contributed by atoms with van der Waals surface area (Å²) in [4.78, 5) is 14.4. The first-order valence-corrected chi connectivity index (χ1v) is 8.47. The van der Waals surface area contributed by atoms with Crippen molar-refractivity contribution in [1.29, 1.82) is 0 Å². The predicted molar refractivity (Wildman–Crippen MR) is 92.2 cm³/mol. The summed E-state index contributed by atoms with van der Waals surface area (Å²) in [6.45, 7) is 5.81. The maximum atomic E-state index is 12.1. The SMILES string of the molecule is CCc1ccc(NC(=O)CN2CCC(CCNC)CC2)cc1. The van der Waals surface area contributed by atoms with Crippen molar-refractivity contribution >= 4 is 11.6 Å². The molecule has 1 aromatic rings. The molecule has 0 atom stereocenters. The lowest BCUT2D eigenvalue weighted by Gasteiger charge is -2.31. The Hall–Kier alpha value is -1.39. The molecule has 22 heavy (non-hydrogen) atoms. The van der Waals surface area contributed by atoms with Gasteiger partial charge in [-0.1, -0.05) is 19.1 Å². The van der Waals surface area contributed by atoms with Crippen molar-refractivity contribution in [3.8, 4) is 0 Å². The number of carbonyl (C=O) groups excluding carboxylic acids is 1. The number of hydrogen-bond acceptors (Lipinski definition) is 3. The molecule has 122 valence electrons. The molecule has 1 aromatic carbocycles. The maximum Gasteiger partial charge on any atom is 0.238 e. The maximum absolute atomic E-state index is 12.1. The van der Waals surface area contributed by atoms with Crippen molar-refractivity contribution in [3.63, 3.8) is 0 Å². The van der Waals surface area contributed by atoms with Crippen LogP contribution in [0, 0.1) is 5.92 Å². The van der Waals surface area contributed by atoms with Crippen LogP contribution in [0.2, 0.25) is 0 Å². The zero-order valence-electron chi connectivity index (χ0n) is 13.9. The average Bonchev–Trinajstić information content (AvgIpc) is 2.55. The summed E-state index contributed by atoms with van der Waals surface area (Å²) >= 11 is 0. The summed E-state index contributed by atoms with van der Waals surface area (Å²) in [5.41, 5.74) is 2.19. The highest BCUT2D eigenvalue weighted by Gasteiger charge is 2.20. The molecule has 0 unspecified atom stereocenters. The molecule has 1 heterocycles. The fraction of sp³-hybridized carbons (Fsp3) is 0.611. The van der Waals surface area contributed by atoms with Crippen molar-refractivity contribution in [1.82, 2.24) is 10.2 Å². The van der Waals surface area contributed by atoms with Gasteiger partial charge in [0.1, 0.15) is 0 Å². The lowest BCUT2D eigenvalue weighted by Crippen LogP contribution is -2.39. The molecule has 2 rings (SSSR count). The van der Waals surface area contributed by atoms with Gasteiger partial charge in [-0.3, -0.25) is 9.69 Å². The monoisotopic (exact) mass is 303 g/mol. The Balaban J connectivity index is 1.71. The summed E-state index contributed by atoms with van der Waals surface area (Å²) < 4.78 is 0. The van der Waals surface area contributed by atoms with Gasteiger partial charge in [0.25, 0.3) is 0 Å². The van der Waals surface area contributed by atoms with Gasteiger partial charge in [0.2, 0.25) is 5.91 Å². The second kappa shape index (κ2) is 8.91. The van der Waals surface area contributed by atoms with Crippen LogP contribution in [-0.2, 0) is 11.2 Å². The second-order valence-corrected chi connectivity index (χ2v) is 6.21. The molecule has 0 aromatic heterocycles. The third-order valence-electron chi connectivity index (χ3n) is 4.52. The van der Waals surface area contributed by atoms with Gasteiger partial charge in [0, 0.05) is 5.69 Å². The van der Waals surface area contributed by atoms with E-state index in [1.165, 1.54) is 24.8 Å². The van der Waals surface area contributed by atoms with E-state index in [0.29, 0.717) is 6.54 Å². The molecule has 0 radical (unpaired) electrons. The molecule has 0 aliphatic carbocycles. The van der Waals surface area contributed by atoms with Gasteiger partial charge in [-0.25, -0.2) is 0 Å². The number of amides is 1. The quantitative estimate of drug-likeness (QED) is 0.813. The number of likely N-dealkylation sites (tertiary alicyclic amines) is 1. The van der Waals surface area contributed by atoms with Gasteiger partial charge in [0.15, 0.2) is 0 Å². The van der Waals surface area contributed by atoms with Crippen LogP contribution in [0.5, 0.6) is 0 Å². The highest BCUT2D eigenvalue weighted by atomic mass is 16.2. The summed E-state index contributed by atoms with van der Waals surface area (Å²) in [7, 11) is 2.01. The number of hydrogen-bond donors (Lipinski definition) is 2. The zero-order valence-corrected chi connectivity index (χ0v) is 13.9. The number of benzene rings is 1. The molecule has 0 bridgehead atoms. The summed E-state index contributed by atoms with van der Waals surface area (Å²) in [6.07, 6.45) is 4.69. The first-order valence-electron chi connectivity index (χ1n) is 8.47. The van der Waals surface area contributed by atoms with Crippen molar-refractivity contribution < 1.29 is 4.79 Å². The van der Waals surface area contributed by atoms with Crippen molar-refractivity contribution in [2.45, 2.75) is 32.6 Å². The average molecular weight is 303 g/mol. The molecule has 4 heteroatoms. The minimum absolute atomic E-state index is 0.0953. The van der Waals surface area contributed by atoms with E-state index in [1.54, 1.807) is 0 Å². The van der Waals surface area contributed by atoms with Crippen LogP contribution >= 0.6 is 0 Å². The Morgan fingerprint density at radius 1 is 1.23 bits per heavy atom. The van der Waals surface area contributed by atoms with Crippen molar-refractivity contribution in [2.75, 3.05) is 38.5 Å². The second-order valence-electron chi connectivity index (χ2n) is 6.21. The van der Waals surface area contributed by atoms with E-state index in [0.717, 1.165) is 37.7 Å². The molecule has 2 N–H and O–H groups in total. The van der Waals surface area contributed by atoms with Crippen LogP contribution in [0.3, 0.4) is 0 Å². The van der Waals surface area contributed by atoms with Gasteiger partial charge in [-0.05, 0) is 76.0 Å². The van der Waals surface area contributed by atoms with E-state index in [-0.39, 0.29) is 5.91 Å². The topological polar surface area (TPSA) is 44.4 Å². The van der Waals surface area contributed by atoms with E-state index in [1.807, 2.05) is 19.2 Å². The molecule has 4 nitrogen and oxygen atoms in total. The largest absolute Gasteiger partial charge is 0.325 e. The van der Waals surface area contributed by atoms with Gasteiger partial charge < -0.3 is 10.6 Å². The molecule has 1 aliphatic heterocycles. The Morgan fingerprint density at radius 2 is 1.91 bits per heavy atom. The summed E-state index contributed by atoms with van der Waals surface area (Å²) in [5.74, 6) is 0.909. The Morgan fingerprint density at radius 3 is 2.50 bits per heavy atom. The van der Waals surface area contributed by atoms with Gasteiger partial charge in [0.05, 0.1) is 6.54 Å². The lowest BCUT2D eigenvalue weighted by molar-refractivity contribution is -0.117. The van der Waals surface area contributed by atoms with Gasteiger partial charge in [-0.2, -0.15) is 0 Å². The Kier molecular flexibility index (Phi) is 6.87. The molecule has 0 spiro atoms. The Labute approximate surface area is 134 Å². The minimum Gasteiger partial charge on any atom is -0.325 e.